The van der Waals surface area contributed by atoms with Crippen LogP contribution in [0.4, 0.5) is 0 Å². The van der Waals surface area contributed by atoms with Gasteiger partial charge in [0.1, 0.15) is 11.9 Å². The highest BCUT2D eigenvalue weighted by atomic mass is 16.5. The topological polar surface area (TPSA) is 12.5 Å². The molecule has 1 saturated heterocycles. The maximum Gasteiger partial charge on any atom is 0.124 e. The Hall–Kier alpha value is -1.28. The fourth-order valence-electron chi connectivity index (χ4n) is 1.62. The molecule has 0 unspecified atom stereocenters. The fourth-order valence-corrected chi connectivity index (χ4v) is 1.62. The first-order chi connectivity index (χ1) is 6.88. The number of likely N-dealkylation sites (tertiary alicyclic amines) is 1. The standard InChI is InChI=1S/C12H15NO/c1-2-8-13-9-12(10-13)14-11-6-4-3-5-7-11/h2-7,12H,1,8-10H2. The summed E-state index contributed by atoms with van der Waals surface area (Å²) in [6, 6.07) is 9.98. The van der Waals surface area contributed by atoms with Crippen molar-refractivity contribution in [2.45, 2.75) is 6.10 Å². The van der Waals surface area contributed by atoms with E-state index in [2.05, 4.69) is 11.5 Å². The van der Waals surface area contributed by atoms with Crippen LogP contribution in [0.25, 0.3) is 0 Å². The Morgan fingerprint density at radius 1 is 1.36 bits per heavy atom. The van der Waals surface area contributed by atoms with E-state index in [1.165, 1.54) is 0 Å². The van der Waals surface area contributed by atoms with E-state index in [9.17, 15) is 0 Å². The molecule has 0 amide bonds. The summed E-state index contributed by atoms with van der Waals surface area (Å²) in [6.07, 6.45) is 2.29. The second kappa shape index (κ2) is 4.29. The SMILES string of the molecule is C=CCN1CC(Oc2ccccc2)C1. The average molecular weight is 189 g/mol. The summed E-state index contributed by atoms with van der Waals surface area (Å²) in [5.41, 5.74) is 0. The molecule has 0 bridgehead atoms. The van der Waals surface area contributed by atoms with Gasteiger partial charge in [0.25, 0.3) is 0 Å². The molecule has 1 heterocycles. The Kier molecular flexibility index (Phi) is 2.84. The molecular weight excluding hydrogens is 174 g/mol. The summed E-state index contributed by atoms with van der Waals surface area (Å²) in [5.74, 6) is 0.968. The maximum atomic E-state index is 5.75. The molecule has 1 aromatic carbocycles. The van der Waals surface area contributed by atoms with Crippen molar-refractivity contribution in [1.29, 1.82) is 0 Å². The largest absolute Gasteiger partial charge is 0.488 e. The number of benzene rings is 1. The van der Waals surface area contributed by atoms with Crippen LogP contribution in [-0.4, -0.2) is 30.6 Å². The van der Waals surface area contributed by atoms with Gasteiger partial charge in [-0.05, 0) is 12.1 Å². The Bertz CT molecular complexity index is 290. The normalized spacial score (nSPS) is 17.4. The summed E-state index contributed by atoms with van der Waals surface area (Å²) < 4.78 is 5.75. The van der Waals surface area contributed by atoms with Gasteiger partial charge in [-0.1, -0.05) is 24.3 Å². The van der Waals surface area contributed by atoms with Gasteiger partial charge in [-0.2, -0.15) is 0 Å². The summed E-state index contributed by atoms with van der Waals surface area (Å²) in [6.45, 7) is 6.71. The predicted octanol–water partition coefficient (Wildman–Crippen LogP) is 1.94. The Labute approximate surface area is 84.8 Å². The lowest BCUT2D eigenvalue weighted by atomic mass is 10.1. The lowest BCUT2D eigenvalue weighted by molar-refractivity contribution is 0.0283. The summed E-state index contributed by atoms with van der Waals surface area (Å²) >= 11 is 0. The van der Waals surface area contributed by atoms with Crippen molar-refractivity contribution in [3.63, 3.8) is 0 Å². The molecule has 2 rings (SSSR count). The first kappa shape index (κ1) is 9.28. The fraction of sp³-hybridized carbons (Fsp3) is 0.333. The van der Waals surface area contributed by atoms with Crippen LogP contribution in [0, 0.1) is 0 Å². The Morgan fingerprint density at radius 2 is 2.07 bits per heavy atom. The molecule has 0 saturated carbocycles. The smallest absolute Gasteiger partial charge is 0.124 e. The molecule has 1 aromatic rings. The van der Waals surface area contributed by atoms with Gasteiger partial charge >= 0.3 is 0 Å². The van der Waals surface area contributed by atoms with Crippen molar-refractivity contribution >= 4 is 0 Å². The van der Waals surface area contributed by atoms with Gasteiger partial charge in [-0.3, -0.25) is 4.90 Å². The van der Waals surface area contributed by atoms with E-state index in [0.29, 0.717) is 6.10 Å². The predicted molar refractivity (Wildman–Crippen MR) is 57.5 cm³/mol. The third kappa shape index (κ3) is 2.15. The molecule has 0 spiro atoms. The molecule has 2 nitrogen and oxygen atoms in total. The molecule has 74 valence electrons. The number of para-hydroxylation sites is 1. The van der Waals surface area contributed by atoms with E-state index in [1.807, 2.05) is 36.4 Å². The molecule has 0 atom stereocenters. The van der Waals surface area contributed by atoms with Gasteiger partial charge < -0.3 is 4.74 Å². The number of hydrogen-bond donors (Lipinski definition) is 0. The first-order valence-corrected chi connectivity index (χ1v) is 4.93. The van der Waals surface area contributed by atoms with Crippen molar-refractivity contribution in [2.24, 2.45) is 0 Å². The van der Waals surface area contributed by atoms with Gasteiger partial charge in [-0.15, -0.1) is 6.58 Å². The van der Waals surface area contributed by atoms with Crippen LogP contribution >= 0.6 is 0 Å². The summed E-state index contributed by atoms with van der Waals surface area (Å²) in [5, 5.41) is 0. The van der Waals surface area contributed by atoms with Gasteiger partial charge in [0.05, 0.1) is 0 Å². The number of nitrogens with zero attached hydrogens (tertiary/aromatic N) is 1. The minimum absolute atomic E-state index is 0.359. The Morgan fingerprint density at radius 3 is 2.71 bits per heavy atom. The number of hydrogen-bond acceptors (Lipinski definition) is 2. The lowest BCUT2D eigenvalue weighted by Crippen LogP contribution is -2.53. The van der Waals surface area contributed by atoms with E-state index in [-0.39, 0.29) is 0 Å². The molecule has 0 N–H and O–H groups in total. The summed E-state index contributed by atoms with van der Waals surface area (Å²) in [4.78, 5) is 2.31. The average Bonchev–Trinajstić information content (AvgIpc) is 2.16. The molecule has 1 aliphatic heterocycles. The minimum atomic E-state index is 0.359. The minimum Gasteiger partial charge on any atom is -0.488 e. The van der Waals surface area contributed by atoms with Crippen molar-refractivity contribution in [3.8, 4) is 5.75 Å². The number of ether oxygens (including phenoxy) is 1. The van der Waals surface area contributed by atoms with Crippen molar-refractivity contribution in [2.75, 3.05) is 19.6 Å². The van der Waals surface area contributed by atoms with E-state index in [4.69, 9.17) is 4.74 Å². The number of rotatable bonds is 4. The second-order valence-corrected chi connectivity index (χ2v) is 3.56. The van der Waals surface area contributed by atoms with Gasteiger partial charge in [0, 0.05) is 19.6 Å². The monoisotopic (exact) mass is 189 g/mol. The van der Waals surface area contributed by atoms with Crippen LogP contribution < -0.4 is 4.74 Å². The highest BCUT2D eigenvalue weighted by Crippen LogP contribution is 2.16. The van der Waals surface area contributed by atoms with Crippen molar-refractivity contribution < 1.29 is 4.74 Å². The zero-order chi connectivity index (χ0) is 9.80. The zero-order valence-corrected chi connectivity index (χ0v) is 8.23. The third-order valence-electron chi connectivity index (χ3n) is 2.36. The third-order valence-corrected chi connectivity index (χ3v) is 2.36. The van der Waals surface area contributed by atoms with Gasteiger partial charge in [0.15, 0.2) is 0 Å². The van der Waals surface area contributed by atoms with Crippen LogP contribution in [0.1, 0.15) is 0 Å². The highest BCUT2D eigenvalue weighted by Gasteiger charge is 2.26. The summed E-state index contributed by atoms with van der Waals surface area (Å²) in [7, 11) is 0. The Balaban J connectivity index is 1.77. The highest BCUT2D eigenvalue weighted by molar-refractivity contribution is 5.21. The van der Waals surface area contributed by atoms with Crippen LogP contribution in [0.3, 0.4) is 0 Å². The zero-order valence-electron chi connectivity index (χ0n) is 8.23. The first-order valence-electron chi connectivity index (χ1n) is 4.93. The second-order valence-electron chi connectivity index (χ2n) is 3.56. The van der Waals surface area contributed by atoms with E-state index >= 15 is 0 Å². The molecule has 1 aliphatic rings. The lowest BCUT2D eigenvalue weighted by Gasteiger charge is -2.38. The van der Waals surface area contributed by atoms with Crippen molar-refractivity contribution in [3.05, 3.63) is 43.0 Å². The van der Waals surface area contributed by atoms with Crippen LogP contribution in [0.2, 0.25) is 0 Å². The molecule has 0 radical (unpaired) electrons. The van der Waals surface area contributed by atoms with E-state index in [0.717, 1.165) is 25.4 Å². The van der Waals surface area contributed by atoms with E-state index < -0.39 is 0 Å². The quantitative estimate of drug-likeness (QED) is 0.671. The van der Waals surface area contributed by atoms with E-state index in [1.54, 1.807) is 0 Å². The van der Waals surface area contributed by atoms with Crippen LogP contribution in [0.15, 0.2) is 43.0 Å². The van der Waals surface area contributed by atoms with Crippen molar-refractivity contribution in [1.82, 2.24) is 4.90 Å². The van der Waals surface area contributed by atoms with Crippen LogP contribution in [-0.2, 0) is 0 Å². The molecule has 0 aromatic heterocycles. The van der Waals surface area contributed by atoms with Gasteiger partial charge in [0.2, 0.25) is 0 Å². The molecule has 14 heavy (non-hydrogen) atoms. The molecule has 0 aliphatic carbocycles. The van der Waals surface area contributed by atoms with Crippen LogP contribution in [0.5, 0.6) is 5.75 Å². The van der Waals surface area contributed by atoms with Gasteiger partial charge in [-0.25, -0.2) is 0 Å². The maximum absolute atomic E-state index is 5.75. The molecule has 1 fully saturated rings. The molecule has 2 heteroatoms. The molecular formula is C12H15NO.